The molecule has 3 rings (SSSR count). The Morgan fingerprint density at radius 1 is 0.583 bits per heavy atom. The number of aryl methyl sites for hydroxylation is 6. The van der Waals surface area contributed by atoms with Gasteiger partial charge in [0.2, 0.25) is 0 Å². The fraction of sp³-hybridized carbons (Fsp3) is 0.455. The Kier molecular flexibility index (Phi) is 7.56. The number of benzene rings is 3. The van der Waals surface area contributed by atoms with Crippen LogP contribution in [0.15, 0.2) is 36.4 Å². The zero-order chi connectivity index (χ0) is 27.2. The average molecular weight is 489 g/mol. The quantitative estimate of drug-likeness (QED) is 0.312. The second kappa shape index (κ2) is 9.84. The summed E-state index contributed by atoms with van der Waals surface area (Å²) in [6, 6.07) is 12.7. The molecule has 2 unspecified atom stereocenters. The first-order valence-corrected chi connectivity index (χ1v) is 13.0. The summed E-state index contributed by atoms with van der Waals surface area (Å²) in [5, 5.41) is 31.2. The molecule has 0 saturated carbocycles. The van der Waals surface area contributed by atoms with Gasteiger partial charge in [-0.2, -0.15) is 0 Å². The molecule has 194 valence electrons. The van der Waals surface area contributed by atoms with Crippen LogP contribution in [0.25, 0.3) is 0 Å². The molecule has 0 radical (unpaired) electrons. The summed E-state index contributed by atoms with van der Waals surface area (Å²) in [5.74, 6) is 1.37. The topological polar surface area (TPSA) is 60.7 Å². The molecule has 0 heterocycles. The highest BCUT2D eigenvalue weighted by atomic mass is 16.3. The van der Waals surface area contributed by atoms with E-state index in [2.05, 4.69) is 64.1 Å². The Labute approximate surface area is 217 Å². The molecule has 3 aromatic carbocycles. The standard InChI is InChI=1S/C33H44O3/c1-19-11-26(12-20(2)29(19)34)25(7)17-33(10,28-15-23(5)31(36)24(6)16-28)18-32(8,9)27-13-21(3)30(35)22(4)14-27/h11-16,25,34-36H,17-18H2,1-10H3. The third-order valence-electron chi connectivity index (χ3n) is 8.13. The minimum Gasteiger partial charge on any atom is -0.507 e. The molecule has 0 fully saturated rings. The van der Waals surface area contributed by atoms with Crippen molar-refractivity contribution in [3.63, 3.8) is 0 Å². The molecule has 0 amide bonds. The lowest BCUT2D eigenvalue weighted by Crippen LogP contribution is -2.34. The van der Waals surface area contributed by atoms with Gasteiger partial charge in [0, 0.05) is 0 Å². The second-order valence-electron chi connectivity index (χ2n) is 12.1. The Morgan fingerprint density at radius 3 is 1.31 bits per heavy atom. The Hall–Kier alpha value is -2.94. The van der Waals surface area contributed by atoms with E-state index in [1.165, 1.54) is 16.7 Å². The van der Waals surface area contributed by atoms with Crippen LogP contribution >= 0.6 is 0 Å². The smallest absolute Gasteiger partial charge is 0.121 e. The third kappa shape index (κ3) is 5.40. The number of phenols is 3. The zero-order valence-electron chi connectivity index (χ0n) is 23.8. The first-order chi connectivity index (χ1) is 16.6. The second-order valence-corrected chi connectivity index (χ2v) is 12.1. The number of rotatable bonds is 7. The normalized spacial score (nSPS) is 14.5. The highest BCUT2D eigenvalue weighted by Crippen LogP contribution is 2.47. The van der Waals surface area contributed by atoms with Crippen molar-refractivity contribution in [2.75, 3.05) is 0 Å². The third-order valence-corrected chi connectivity index (χ3v) is 8.13. The lowest BCUT2D eigenvalue weighted by Gasteiger charge is -2.41. The van der Waals surface area contributed by atoms with E-state index < -0.39 is 0 Å². The van der Waals surface area contributed by atoms with Gasteiger partial charge < -0.3 is 15.3 Å². The summed E-state index contributed by atoms with van der Waals surface area (Å²) in [7, 11) is 0. The highest BCUT2D eigenvalue weighted by Gasteiger charge is 2.37. The van der Waals surface area contributed by atoms with Crippen LogP contribution in [-0.4, -0.2) is 15.3 Å². The van der Waals surface area contributed by atoms with Crippen LogP contribution in [-0.2, 0) is 10.8 Å². The molecule has 0 aliphatic carbocycles. The van der Waals surface area contributed by atoms with Gasteiger partial charge in [-0.1, -0.05) is 64.1 Å². The predicted molar refractivity (Wildman–Crippen MR) is 151 cm³/mol. The average Bonchev–Trinajstić information content (AvgIpc) is 2.77. The molecule has 0 bridgehead atoms. The summed E-state index contributed by atoms with van der Waals surface area (Å²) in [4.78, 5) is 0. The molecule has 3 aromatic rings. The Balaban J connectivity index is 2.11. The van der Waals surface area contributed by atoms with E-state index in [-0.39, 0.29) is 16.7 Å². The maximum absolute atomic E-state index is 10.5. The summed E-state index contributed by atoms with van der Waals surface area (Å²) < 4.78 is 0. The molecular formula is C33H44O3. The van der Waals surface area contributed by atoms with Gasteiger partial charge in [0.1, 0.15) is 17.2 Å². The first kappa shape index (κ1) is 27.6. The molecule has 0 saturated heterocycles. The minimum absolute atomic E-state index is 0.155. The van der Waals surface area contributed by atoms with Crippen LogP contribution in [0.3, 0.4) is 0 Å². The molecule has 3 nitrogen and oxygen atoms in total. The van der Waals surface area contributed by atoms with Gasteiger partial charge >= 0.3 is 0 Å². The molecular weight excluding hydrogens is 444 g/mol. The number of hydrogen-bond acceptors (Lipinski definition) is 3. The molecule has 0 aromatic heterocycles. The molecule has 36 heavy (non-hydrogen) atoms. The molecule has 3 heteroatoms. The zero-order valence-corrected chi connectivity index (χ0v) is 23.8. The van der Waals surface area contributed by atoms with Crippen LogP contribution in [0.2, 0.25) is 0 Å². The van der Waals surface area contributed by atoms with E-state index in [1.807, 2.05) is 41.5 Å². The van der Waals surface area contributed by atoms with E-state index in [0.717, 1.165) is 46.2 Å². The Morgan fingerprint density at radius 2 is 0.917 bits per heavy atom. The number of hydrogen-bond donors (Lipinski definition) is 3. The lowest BCUT2D eigenvalue weighted by atomic mass is 9.63. The fourth-order valence-corrected chi connectivity index (χ4v) is 6.09. The van der Waals surface area contributed by atoms with Crippen molar-refractivity contribution in [2.24, 2.45) is 0 Å². The van der Waals surface area contributed by atoms with Crippen molar-refractivity contribution in [3.8, 4) is 17.2 Å². The van der Waals surface area contributed by atoms with Crippen molar-refractivity contribution < 1.29 is 15.3 Å². The predicted octanol–water partition coefficient (Wildman–Crippen LogP) is 8.47. The Bertz CT molecular complexity index is 1220. The SMILES string of the molecule is Cc1cc(C(C)CC(C)(CC(C)(C)c2cc(C)c(O)c(C)c2)c2cc(C)c(O)c(C)c2)cc(C)c1O. The summed E-state index contributed by atoms with van der Waals surface area (Å²) in [6.07, 6.45) is 1.81. The van der Waals surface area contributed by atoms with Gasteiger partial charge in [-0.3, -0.25) is 0 Å². The van der Waals surface area contributed by atoms with Crippen LogP contribution in [0.5, 0.6) is 17.2 Å². The van der Waals surface area contributed by atoms with E-state index >= 15 is 0 Å². The summed E-state index contributed by atoms with van der Waals surface area (Å²) >= 11 is 0. The lowest BCUT2D eigenvalue weighted by molar-refractivity contribution is 0.292. The number of aromatic hydroxyl groups is 3. The van der Waals surface area contributed by atoms with E-state index in [1.54, 1.807) is 0 Å². The molecule has 3 N–H and O–H groups in total. The van der Waals surface area contributed by atoms with Crippen molar-refractivity contribution >= 4 is 0 Å². The fourth-order valence-electron chi connectivity index (χ4n) is 6.09. The molecule has 0 spiro atoms. The summed E-state index contributed by atoms with van der Waals surface area (Å²) in [6.45, 7) is 21.0. The maximum Gasteiger partial charge on any atom is 0.121 e. The summed E-state index contributed by atoms with van der Waals surface area (Å²) in [5.41, 5.74) is 8.75. The van der Waals surface area contributed by atoms with Crippen molar-refractivity contribution in [1.29, 1.82) is 0 Å². The van der Waals surface area contributed by atoms with Gasteiger partial charge in [-0.25, -0.2) is 0 Å². The largest absolute Gasteiger partial charge is 0.507 e. The van der Waals surface area contributed by atoms with Gasteiger partial charge in [0.15, 0.2) is 0 Å². The van der Waals surface area contributed by atoms with Crippen LogP contribution in [0.1, 0.15) is 96.5 Å². The van der Waals surface area contributed by atoms with Crippen molar-refractivity contribution in [1.82, 2.24) is 0 Å². The maximum atomic E-state index is 10.5. The van der Waals surface area contributed by atoms with Crippen molar-refractivity contribution in [3.05, 3.63) is 86.5 Å². The van der Waals surface area contributed by atoms with Gasteiger partial charge in [-0.05, 0) is 121 Å². The van der Waals surface area contributed by atoms with Gasteiger partial charge in [0.25, 0.3) is 0 Å². The number of phenolic OH excluding ortho intramolecular Hbond substituents is 3. The van der Waals surface area contributed by atoms with Crippen molar-refractivity contribution in [2.45, 2.75) is 98.8 Å². The van der Waals surface area contributed by atoms with E-state index in [4.69, 9.17) is 0 Å². The van der Waals surface area contributed by atoms with E-state index in [0.29, 0.717) is 17.2 Å². The van der Waals surface area contributed by atoms with Crippen LogP contribution < -0.4 is 0 Å². The highest BCUT2D eigenvalue weighted by molar-refractivity contribution is 5.48. The molecule has 0 aliphatic heterocycles. The van der Waals surface area contributed by atoms with Crippen LogP contribution in [0.4, 0.5) is 0 Å². The minimum atomic E-state index is -0.189. The van der Waals surface area contributed by atoms with Gasteiger partial charge in [0.05, 0.1) is 0 Å². The first-order valence-electron chi connectivity index (χ1n) is 13.0. The van der Waals surface area contributed by atoms with Crippen LogP contribution in [0, 0.1) is 41.5 Å². The molecule has 0 aliphatic rings. The van der Waals surface area contributed by atoms with Gasteiger partial charge in [-0.15, -0.1) is 0 Å². The molecule has 2 atom stereocenters. The monoisotopic (exact) mass is 488 g/mol. The van der Waals surface area contributed by atoms with E-state index in [9.17, 15) is 15.3 Å².